The van der Waals surface area contributed by atoms with Crippen molar-refractivity contribution in [2.24, 2.45) is 0 Å². The first-order valence-corrected chi connectivity index (χ1v) is 10.0. The predicted octanol–water partition coefficient (Wildman–Crippen LogP) is 3.28. The lowest BCUT2D eigenvalue weighted by molar-refractivity contribution is -0.133. The summed E-state index contributed by atoms with van der Waals surface area (Å²) in [6.45, 7) is 2.31. The average Bonchev–Trinajstić information content (AvgIpc) is 2.79. The molecule has 0 fully saturated rings. The maximum absolute atomic E-state index is 13.4. The van der Waals surface area contributed by atoms with E-state index in [2.05, 4.69) is 15.3 Å². The highest BCUT2D eigenvalue weighted by atomic mass is 16.5. The van der Waals surface area contributed by atoms with Crippen LogP contribution in [0.15, 0.2) is 73.3 Å². The van der Waals surface area contributed by atoms with Crippen LogP contribution in [0.3, 0.4) is 0 Å². The molecule has 1 unspecified atom stereocenters. The van der Waals surface area contributed by atoms with Crippen molar-refractivity contribution in [3.8, 4) is 5.75 Å². The van der Waals surface area contributed by atoms with Crippen molar-refractivity contribution in [1.82, 2.24) is 20.2 Å². The Bertz CT molecular complexity index is 937. The highest BCUT2D eigenvalue weighted by molar-refractivity contribution is 5.79. The molecule has 7 heteroatoms. The molecule has 3 rings (SSSR count). The third kappa shape index (κ3) is 6.64. The van der Waals surface area contributed by atoms with Crippen molar-refractivity contribution in [3.05, 3.63) is 90.0 Å². The molecule has 1 aromatic carbocycles. The third-order valence-corrected chi connectivity index (χ3v) is 4.85. The molecule has 0 saturated carbocycles. The lowest BCUT2D eigenvalue weighted by Crippen LogP contribution is -2.35. The molecule has 2 aromatic heterocycles. The molecule has 1 atom stereocenters. The van der Waals surface area contributed by atoms with Crippen molar-refractivity contribution < 1.29 is 14.3 Å². The summed E-state index contributed by atoms with van der Waals surface area (Å²) in [5, 5.41) is 2.90. The van der Waals surface area contributed by atoms with Crippen LogP contribution in [-0.4, -0.2) is 33.8 Å². The van der Waals surface area contributed by atoms with Crippen LogP contribution in [0, 0.1) is 0 Å². The zero-order chi connectivity index (χ0) is 22.1. The monoisotopic (exact) mass is 418 g/mol. The standard InChI is InChI=1S/C24H26N4O3/c1-18(29)27-23(21-5-7-22(31-2)8-6-21)14-24(30)28(16-19-9-12-25-13-10-19)17-20-4-3-11-26-15-20/h3-13,15,23H,14,16-17H2,1-2H3,(H,27,29). The van der Waals surface area contributed by atoms with Gasteiger partial charge in [-0.15, -0.1) is 0 Å². The van der Waals surface area contributed by atoms with Crippen LogP contribution in [0.1, 0.15) is 36.1 Å². The third-order valence-electron chi connectivity index (χ3n) is 4.85. The number of carbonyl (C=O) groups is 2. The Balaban J connectivity index is 1.81. The maximum atomic E-state index is 13.4. The molecule has 0 aliphatic carbocycles. The summed E-state index contributed by atoms with van der Waals surface area (Å²) in [5.74, 6) is 0.448. The zero-order valence-corrected chi connectivity index (χ0v) is 17.7. The number of aromatic nitrogens is 2. The van der Waals surface area contributed by atoms with E-state index in [1.165, 1.54) is 6.92 Å². The van der Waals surface area contributed by atoms with E-state index in [-0.39, 0.29) is 18.2 Å². The van der Waals surface area contributed by atoms with Gasteiger partial charge in [-0.1, -0.05) is 18.2 Å². The van der Waals surface area contributed by atoms with E-state index < -0.39 is 6.04 Å². The summed E-state index contributed by atoms with van der Waals surface area (Å²) < 4.78 is 5.21. The Morgan fingerprint density at radius 3 is 2.29 bits per heavy atom. The number of benzene rings is 1. The molecule has 0 aliphatic heterocycles. The highest BCUT2D eigenvalue weighted by Gasteiger charge is 2.22. The molecule has 2 heterocycles. The first-order valence-electron chi connectivity index (χ1n) is 10.0. The van der Waals surface area contributed by atoms with E-state index in [4.69, 9.17) is 4.74 Å². The fourth-order valence-electron chi connectivity index (χ4n) is 3.29. The van der Waals surface area contributed by atoms with E-state index in [1.807, 2.05) is 48.5 Å². The van der Waals surface area contributed by atoms with Crippen LogP contribution in [0.4, 0.5) is 0 Å². The molecule has 0 saturated heterocycles. The second-order valence-electron chi connectivity index (χ2n) is 7.20. The quantitative estimate of drug-likeness (QED) is 0.577. The van der Waals surface area contributed by atoms with E-state index in [1.54, 1.807) is 36.8 Å². The van der Waals surface area contributed by atoms with Crippen molar-refractivity contribution >= 4 is 11.8 Å². The van der Waals surface area contributed by atoms with Crippen LogP contribution in [0.5, 0.6) is 5.75 Å². The van der Waals surface area contributed by atoms with E-state index >= 15 is 0 Å². The maximum Gasteiger partial charge on any atom is 0.225 e. The van der Waals surface area contributed by atoms with Gasteiger partial charge in [0.25, 0.3) is 0 Å². The first kappa shape index (κ1) is 22.0. The number of hydrogen-bond acceptors (Lipinski definition) is 5. The van der Waals surface area contributed by atoms with Gasteiger partial charge in [0, 0.05) is 44.8 Å². The predicted molar refractivity (Wildman–Crippen MR) is 117 cm³/mol. The van der Waals surface area contributed by atoms with Gasteiger partial charge >= 0.3 is 0 Å². The fraction of sp³-hybridized carbons (Fsp3) is 0.250. The molecule has 0 aliphatic rings. The second kappa shape index (κ2) is 10.9. The average molecular weight is 418 g/mol. The smallest absolute Gasteiger partial charge is 0.225 e. The molecule has 3 aromatic rings. The number of hydrogen-bond donors (Lipinski definition) is 1. The van der Waals surface area contributed by atoms with Gasteiger partial charge in [0.15, 0.2) is 0 Å². The summed E-state index contributed by atoms with van der Waals surface area (Å²) in [4.78, 5) is 35.1. The van der Waals surface area contributed by atoms with Gasteiger partial charge in [0.2, 0.25) is 11.8 Å². The van der Waals surface area contributed by atoms with Crippen molar-refractivity contribution in [2.45, 2.75) is 32.5 Å². The molecule has 0 bridgehead atoms. The fourth-order valence-corrected chi connectivity index (χ4v) is 3.29. The Labute approximate surface area is 182 Å². The van der Waals surface area contributed by atoms with E-state index in [9.17, 15) is 9.59 Å². The number of rotatable bonds is 9. The van der Waals surface area contributed by atoms with Crippen LogP contribution in [-0.2, 0) is 22.7 Å². The van der Waals surface area contributed by atoms with Crippen LogP contribution in [0.25, 0.3) is 0 Å². The van der Waals surface area contributed by atoms with Gasteiger partial charge in [-0.2, -0.15) is 0 Å². The topological polar surface area (TPSA) is 84.4 Å². The largest absolute Gasteiger partial charge is 0.497 e. The molecule has 7 nitrogen and oxygen atoms in total. The number of pyridine rings is 2. The molecule has 2 amide bonds. The molecular formula is C24H26N4O3. The lowest BCUT2D eigenvalue weighted by Gasteiger charge is -2.26. The SMILES string of the molecule is COc1ccc(C(CC(=O)N(Cc2ccncc2)Cc2cccnc2)NC(C)=O)cc1. The van der Waals surface area contributed by atoms with E-state index in [0.717, 1.165) is 16.7 Å². The minimum absolute atomic E-state index is 0.0739. The van der Waals surface area contributed by atoms with Crippen molar-refractivity contribution in [3.63, 3.8) is 0 Å². The number of carbonyl (C=O) groups excluding carboxylic acids is 2. The van der Waals surface area contributed by atoms with Gasteiger partial charge in [-0.05, 0) is 47.0 Å². The van der Waals surface area contributed by atoms with Gasteiger partial charge < -0.3 is 15.0 Å². The summed E-state index contributed by atoms with van der Waals surface area (Å²) in [7, 11) is 1.60. The molecule has 0 spiro atoms. The highest BCUT2D eigenvalue weighted by Crippen LogP contribution is 2.22. The molecule has 31 heavy (non-hydrogen) atoms. The van der Waals surface area contributed by atoms with Crippen molar-refractivity contribution in [2.75, 3.05) is 7.11 Å². The molecular weight excluding hydrogens is 392 g/mol. The van der Waals surface area contributed by atoms with Crippen LogP contribution >= 0.6 is 0 Å². The number of nitrogens with zero attached hydrogens (tertiary/aromatic N) is 3. The Kier molecular flexibility index (Phi) is 7.70. The first-order chi connectivity index (χ1) is 15.0. The Hall–Kier alpha value is -3.74. The Morgan fingerprint density at radius 1 is 0.968 bits per heavy atom. The number of ether oxygens (including phenoxy) is 1. The summed E-state index contributed by atoms with van der Waals surface area (Å²) in [6, 6.07) is 14.5. The minimum Gasteiger partial charge on any atom is -0.497 e. The number of amides is 2. The van der Waals surface area contributed by atoms with Gasteiger partial charge in [0.1, 0.15) is 5.75 Å². The second-order valence-corrected chi connectivity index (χ2v) is 7.20. The summed E-state index contributed by atoms with van der Waals surface area (Å²) in [5.41, 5.74) is 2.76. The number of nitrogens with one attached hydrogen (secondary N) is 1. The van der Waals surface area contributed by atoms with E-state index in [0.29, 0.717) is 18.8 Å². The Morgan fingerprint density at radius 2 is 1.68 bits per heavy atom. The molecule has 1 N–H and O–H groups in total. The number of methoxy groups -OCH3 is 1. The summed E-state index contributed by atoms with van der Waals surface area (Å²) in [6.07, 6.45) is 7.01. The van der Waals surface area contributed by atoms with Crippen LogP contribution in [0.2, 0.25) is 0 Å². The van der Waals surface area contributed by atoms with Crippen molar-refractivity contribution in [1.29, 1.82) is 0 Å². The van der Waals surface area contributed by atoms with Gasteiger partial charge in [-0.25, -0.2) is 0 Å². The summed E-state index contributed by atoms with van der Waals surface area (Å²) >= 11 is 0. The van der Waals surface area contributed by atoms with Crippen LogP contribution < -0.4 is 10.1 Å². The normalized spacial score (nSPS) is 11.4. The zero-order valence-electron chi connectivity index (χ0n) is 17.7. The van der Waals surface area contributed by atoms with Gasteiger partial charge in [-0.3, -0.25) is 19.6 Å². The molecule has 0 radical (unpaired) electrons. The lowest BCUT2D eigenvalue weighted by atomic mass is 10.0. The molecule has 160 valence electrons. The van der Waals surface area contributed by atoms with Gasteiger partial charge in [0.05, 0.1) is 19.6 Å². The minimum atomic E-state index is -0.440.